The second kappa shape index (κ2) is 7.09. The smallest absolute Gasteiger partial charge is 0.251 e. The highest BCUT2D eigenvalue weighted by Crippen LogP contribution is 2.19. The van der Waals surface area contributed by atoms with Gasteiger partial charge in [-0.15, -0.1) is 0 Å². The second-order valence-electron chi connectivity index (χ2n) is 6.77. The van der Waals surface area contributed by atoms with Crippen LogP contribution >= 0.6 is 0 Å². The minimum atomic E-state index is -0.542. The van der Waals surface area contributed by atoms with Gasteiger partial charge in [0.2, 0.25) is 5.91 Å². The molecule has 0 unspecified atom stereocenters. The molecular formula is C21H24N2O2. The molecule has 2 aromatic rings. The predicted molar refractivity (Wildman–Crippen MR) is 98.4 cm³/mol. The normalized spacial score (nSPS) is 14.6. The van der Waals surface area contributed by atoms with Crippen molar-refractivity contribution in [2.24, 2.45) is 0 Å². The van der Waals surface area contributed by atoms with Crippen LogP contribution in [0.1, 0.15) is 39.5 Å². The Hall–Kier alpha value is -2.62. The molecule has 1 aliphatic rings. The summed E-state index contributed by atoms with van der Waals surface area (Å²) in [6.07, 6.45) is 0.861. The van der Waals surface area contributed by atoms with Crippen molar-refractivity contribution in [3.63, 3.8) is 0 Å². The van der Waals surface area contributed by atoms with E-state index in [2.05, 4.69) is 17.4 Å². The van der Waals surface area contributed by atoms with Crippen molar-refractivity contribution in [3.8, 4) is 0 Å². The molecule has 0 spiro atoms. The van der Waals surface area contributed by atoms with E-state index in [1.807, 2.05) is 43.0 Å². The van der Waals surface area contributed by atoms with Crippen molar-refractivity contribution >= 4 is 11.8 Å². The van der Waals surface area contributed by atoms with E-state index < -0.39 is 6.04 Å². The molecule has 130 valence electrons. The standard InChI is InChI=1S/C21H24N2O2/c1-14-8-9-18(12-15(14)2)20(24)22-16(3)21(25)23-11-10-17-6-4-5-7-19(17)13-23/h4-9,12,16H,10-11,13H2,1-3H3,(H,22,24)/t16-/m1/s1. The average molecular weight is 336 g/mol. The third kappa shape index (κ3) is 3.73. The molecule has 4 heteroatoms. The predicted octanol–water partition coefficient (Wildman–Crippen LogP) is 3.01. The number of fused-ring (bicyclic) bond motifs is 1. The molecule has 0 bridgehead atoms. The van der Waals surface area contributed by atoms with E-state index in [9.17, 15) is 9.59 Å². The van der Waals surface area contributed by atoms with Crippen molar-refractivity contribution in [1.82, 2.24) is 10.2 Å². The van der Waals surface area contributed by atoms with Crippen molar-refractivity contribution < 1.29 is 9.59 Å². The summed E-state index contributed by atoms with van der Waals surface area (Å²) >= 11 is 0. The van der Waals surface area contributed by atoms with Crippen molar-refractivity contribution in [2.45, 2.75) is 39.8 Å². The lowest BCUT2D eigenvalue weighted by Crippen LogP contribution is -2.48. The molecule has 1 heterocycles. The molecule has 0 fully saturated rings. The molecule has 0 saturated carbocycles. The molecule has 0 saturated heterocycles. The van der Waals surface area contributed by atoms with Gasteiger partial charge in [-0.25, -0.2) is 0 Å². The quantitative estimate of drug-likeness (QED) is 0.937. The van der Waals surface area contributed by atoms with Crippen molar-refractivity contribution in [1.29, 1.82) is 0 Å². The number of hydrogen-bond donors (Lipinski definition) is 1. The Bertz CT molecular complexity index is 813. The van der Waals surface area contributed by atoms with Gasteiger partial charge in [0.25, 0.3) is 5.91 Å². The summed E-state index contributed by atoms with van der Waals surface area (Å²) in [4.78, 5) is 27.0. The van der Waals surface area contributed by atoms with E-state index in [1.54, 1.807) is 13.0 Å². The minimum Gasteiger partial charge on any atom is -0.341 e. The van der Waals surface area contributed by atoms with Crippen LogP contribution in [0.5, 0.6) is 0 Å². The lowest BCUT2D eigenvalue weighted by atomic mass is 9.99. The van der Waals surface area contributed by atoms with E-state index in [0.717, 1.165) is 17.5 Å². The summed E-state index contributed by atoms with van der Waals surface area (Å²) in [5.41, 5.74) is 5.30. The molecule has 25 heavy (non-hydrogen) atoms. The summed E-state index contributed by atoms with van der Waals surface area (Å²) in [6, 6.07) is 13.2. The Morgan fingerprint density at radius 1 is 1.04 bits per heavy atom. The first-order chi connectivity index (χ1) is 12.0. The van der Waals surface area contributed by atoms with Gasteiger partial charge in [0.1, 0.15) is 6.04 Å². The van der Waals surface area contributed by atoms with Crippen LogP contribution in [-0.4, -0.2) is 29.3 Å². The molecule has 4 nitrogen and oxygen atoms in total. The number of rotatable bonds is 3. The molecule has 2 aromatic carbocycles. The van der Waals surface area contributed by atoms with Crippen LogP contribution in [0.3, 0.4) is 0 Å². The maximum absolute atomic E-state index is 12.7. The van der Waals surface area contributed by atoms with Crippen molar-refractivity contribution in [2.75, 3.05) is 6.54 Å². The van der Waals surface area contributed by atoms with Crippen LogP contribution in [0.15, 0.2) is 42.5 Å². The van der Waals surface area contributed by atoms with Gasteiger partial charge in [0.05, 0.1) is 0 Å². The first kappa shape index (κ1) is 17.2. The van der Waals surface area contributed by atoms with Gasteiger partial charge >= 0.3 is 0 Å². The van der Waals surface area contributed by atoms with Gasteiger partial charge in [-0.2, -0.15) is 0 Å². The Balaban J connectivity index is 1.65. The number of carbonyl (C=O) groups is 2. The SMILES string of the molecule is Cc1ccc(C(=O)N[C@H](C)C(=O)N2CCc3ccccc3C2)cc1C. The largest absolute Gasteiger partial charge is 0.341 e. The highest BCUT2D eigenvalue weighted by atomic mass is 16.2. The number of nitrogens with one attached hydrogen (secondary N) is 1. The first-order valence-corrected chi connectivity index (χ1v) is 8.69. The van der Waals surface area contributed by atoms with Gasteiger partial charge in [0, 0.05) is 18.7 Å². The summed E-state index contributed by atoms with van der Waals surface area (Å²) in [5.74, 6) is -0.243. The molecule has 1 aliphatic heterocycles. The Labute approximate surface area is 148 Å². The fourth-order valence-corrected chi connectivity index (χ4v) is 3.18. The fourth-order valence-electron chi connectivity index (χ4n) is 3.18. The van der Waals surface area contributed by atoms with E-state index >= 15 is 0 Å². The third-order valence-corrected chi connectivity index (χ3v) is 4.93. The van der Waals surface area contributed by atoms with E-state index in [1.165, 1.54) is 11.1 Å². The minimum absolute atomic E-state index is 0.0355. The van der Waals surface area contributed by atoms with Gasteiger partial charge in [-0.05, 0) is 61.6 Å². The lowest BCUT2D eigenvalue weighted by Gasteiger charge is -2.31. The fraction of sp³-hybridized carbons (Fsp3) is 0.333. The second-order valence-corrected chi connectivity index (χ2v) is 6.77. The van der Waals surface area contributed by atoms with Gasteiger partial charge in [-0.1, -0.05) is 30.3 Å². The molecule has 0 aliphatic carbocycles. The lowest BCUT2D eigenvalue weighted by molar-refractivity contribution is -0.133. The van der Waals surface area contributed by atoms with Gasteiger partial charge in [-0.3, -0.25) is 9.59 Å². The molecule has 2 amide bonds. The van der Waals surface area contributed by atoms with E-state index in [-0.39, 0.29) is 11.8 Å². The summed E-state index contributed by atoms with van der Waals surface area (Å²) in [5, 5.41) is 2.83. The topological polar surface area (TPSA) is 49.4 Å². The van der Waals surface area contributed by atoms with Crippen LogP contribution in [0, 0.1) is 13.8 Å². The zero-order chi connectivity index (χ0) is 18.0. The number of nitrogens with zero attached hydrogens (tertiary/aromatic N) is 1. The number of amides is 2. The first-order valence-electron chi connectivity index (χ1n) is 8.69. The summed E-state index contributed by atoms with van der Waals surface area (Å²) in [7, 11) is 0. The van der Waals surface area contributed by atoms with Gasteiger partial charge in [0.15, 0.2) is 0 Å². The monoisotopic (exact) mass is 336 g/mol. The summed E-state index contributed by atoms with van der Waals surface area (Å²) < 4.78 is 0. The molecule has 1 atom stereocenters. The van der Waals surface area contributed by atoms with Crippen LogP contribution in [-0.2, 0) is 17.8 Å². The molecule has 0 radical (unpaired) electrons. The maximum atomic E-state index is 12.7. The van der Waals surface area contributed by atoms with Gasteiger partial charge < -0.3 is 10.2 Å². The Kier molecular flexibility index (Phi) is 4.88. The van der Waals surface area contributed by atoms with Crippen molar-refractivity contribution in [3.05, 3.63) is 70.3 Å². The van der Waals surface area contributed by atoms with Crippen LogP contribution < -0.4 is 5.32 Å². The van der Waals surface area contributed by atoms with Crippen LogP contribution in [0.25, 0.3) is 0 Å². The van der Waals surface area contributed by atoms with Crippen LogP contribution in [0.4, 0.5) is 0 Å². The third-order valence-electron chi connectivity index (χ3n) is 4.93. The Morgan fingerprint density at radius 2 is 1.76 bits per heavy atom. The number of hydrogen-bond acceptors (Lipinski definition) is 2. The Morgan fingerprint density at radius 3 is 2.48 bits per heavy atom. The number of carbonyl (C=O) groups excluding carboxylic acids is 2. The number of benzene rings is 2. The molecule has 0 aromatic heterocycles. The highest BCUT2D eigenvalue weighted by Gasteiger charge is 2.25. The molecule has 1 N–H and O–H groups in total. The summed E-state index contributed by atoms with van der Waals surface area (Å²) in [6.45, 7) is 7.05. The zero-order valence-electron chi connectivity index (χ0n) is 15.0. The maximum Gasteiger partial charge on any atom is 0.251 e. The highest BCUT2D eigenvalue weighted by molar-refractivity contribution is 5.97. The molecular weight excluding hydrogens is 312 g/mol. The number of aryl methyl sites for hydroxylation is 2. The van der Waals surface area contributed by atoms with E-state index in [0.29, 0.717) is 18.7 Å². The van der Waals surface area contributed by atoms with E-state index in [4.69, 9.17) is 0 Å². The molecule has 3 rings (SSSR count). The zero-order valence-corrected chi connectivity index (χ0v) is 15.0. The van der Waals surface area contributed by atoms with Crippen LogP contribution in [0.2, 0.25) is 0 Å². The average Bonchev–Trinajstić information content (AvgIpc) is 2.62.